The molecule has 3 aromatic rings. The van der Waals surface area contributed by atoms with Crippen molar-refractivity contribution < 1.29 is 13.2 Å². The van der Waals surface area contributed by atoms with E-state index in [2.05, 4.69) is 21.2 Å². The van der Waals surface area contributed by atoms with Gasteiger partial charge in [-0.05, 0) is 61.0 Å². The molecular formula is C21H19BrN2O3S. The lowest BCUT2D eigenvalue weighted by atomic mass is 10.2. The number of carbonyl (C=O) groups is 1. The standard InChI is InChI=1S/C21H19BrN2O3S/c1-16-6-5-7-18(14-16)23-21(25)15-24(19-12-10-17(22)11-13-19)28(26,27)20-8-3-2-4-9-20/h2-14H,15H2,1H3,(H,23,25). The third-order valence-corrected chi connectivity index (χ3v) is 6.35. The molecule has 0 heterocycles. The fourth-order valence-corrected chi connectivity index (χ4v) is 4.40. The van der Waals surface area contributed by atoms with Gasteiger partial charge in [-0.15, -0.1) is 0 Å². The Hall–Kier alpha value is -2.64. The maximum absolute atomic E-state index is 13.2. The van der Waals surface area contributed by atoms with Crippen LogP contribution in [0, 0.1) is 6.92 Å². The molecule has 144 valence electrons. The molecule has 0 saturated carbocycles. The number of benzene rings is 3. The van der Waals surface area contributed by atoms with Gasteiger partial charge in [-0.3, -0.25) is 9.10 Å². The molecule has 0 aromatic heterocycles. The van der Waals surface area contributed by atoms with Crippen molar-refractivity contribution in [3.8, 4) is 0 Å². The Balaban J connectivity index is 1.92. The number of halogens is 1. The summed E-state index contributed by atoms with van der Waals surface area (Å²) >= 11 is 3.34. The molecule has 7 heteroatoms. The summed E-state index contributed by atoms with van der Waals surface area (Å²) in [6, 6.07) is 22.2. The van der Waals surface area contributed by atoms with Crippen LogP contribution in [0.1, 0.15) is 5.56 Å². The Labute approximate surface area is 173 Å². The van der Waals surface area contributed by atoms with Crippen molar-refractivity contribution in [3.63, 3.8) is 0 Å². The monoisotopic (exact) mass is 458 g/mol. The summed E-state index contributed by atoms with van der Waals surface area (Å²) in [7, 11) is -3.91. The molecule has 3 rings (SSSR count). The van der Waals surface area contributed by atoms with Gasteiger partial charge in [-0.25, -0.2) is 8.42 Å². The SMILES string of the molecule is Cc1cccc(NC(=O)CN(c2ccc(Br)cc2)S(=O)(=O)c2ccccc2)c1. The summed E-state index contributed by atoms with van der Waals surface area (Å²) < 4.78 is 28.3. The lowest BCUT2D eigenvalue weighted by Gasteiger charge is -2.24. The van der Waals surface area contributed by atoms with E-state index >= 15 is 0 Å². The average Bonchev–Trinajstić information content (AvgIpc) is 2.67. The first-order chi connectivity index (χ1) is 13.4. The van der Waals surface area contributed by atoms with Gasteiger partial charge in [0.15, 0.2) is 0 Å². The first-order valence-corrected chi connectivity index (χ1v) is 10.8. The highest BCUT2D eigenvalue weighted by molar-refractivity contribution is 9.10. The van der Waals surface area contributed by atoms with Gasteiger partial charge in [0, 0.05) is 10.2 Å². The van der Waals surface area contributed by atoms with Crippen LogP contribution in [0.25, 0.3) is 0 Å². The molecule has 0 atom stereocenters. The molecule has 0 bridgehead atoms. The molecule has 0 aliphatic heterocycles. The number of anilines is 2. The number of amides is 1. The second kappa shape index (κ2) is 8.58. The lowest BCUT2D eigenvalue weighted by molar-refractivity contribution is -0.114. The minimum atomic E-state index is -3.91. The fraction of sp³-hybridized carbons (Fsp3) is 0.0952. The van der Waals surface area contributed by atoms with Crippen molar-refractivity contribution in [2.24, 2.45) is 0 Å². The number of carbonyl (C=O) groups excluding carboxylic acids is 1. The highest BCUT2D eigenvalue weighted by Crippen LogP contribution is 2.25. The van der Waals surface area contributed by atoms with E-state index in [-0.39, 0.29) is 11.4 Å². The van der Waals surface area contributed by atoms with Crippen LogP contribution in [0.2, 0.25) is 0 Å². The maximum atomic E-state index is 13.2. The van der Waals surface area contributed by atoms with Crippen molar-refractivity contribution in [3.05, 3.63) is 88.9 Å². The first kappa shape index (κ1) is 20.1. The van der Waals surface area contributed by atoms with Gasteiger partial charge in [0.25, 0.3) is 10.0 Å². The summed E-state index contributed by atoms with van der Waals surface area (Å²) in [5, 5.41) is 2.76. The van der Waals surface area contributed by atoms with Gasteiger partial charge in [0.1, 0.15) is 6.54 Å². The van der Waals surface area contributed by atoms with Gasteiger partial charge < -0.3 is 5.32 Å². The minimum Gasteiger partial charge on any atom is -0.325 e. The molecule has 28 heavy (non-hydrogen) atoms. The van der Waals surface area contributed by atoms with E-state index in [9.17, 15) is 13.2 Å². The highest BCUT2D eigenvalue weighted by Gasteiger charge is 2.27. The van der Waals surface area contributed by atoms with Gasteiger partial charge in [-0.1, -0.05) is 46.3 Å². The van der Waals surface area contributed by atoms with Crippen LogP contribution in [0.15, 0.2) is 88.2 Å². The van der Waals surface area contributed by atoms with E-state index in [0.29, 0.717) is 11.4 Å². The summed E-state index contributed by atoms with van der Waals surface area (Å²) in [5.74, 6) is -0.423. The van der Waals surface area contributed by atoms with E-state index < -0.39 is 15.9 Å². The largest absolute Gasteiger partial charge is 0.325 e. The Morgan fingerprint density at radius 2 is 1.64 bits per heavy atom. The quantitative estimate of drug-likeness (QED) is 0.587. The number of nitrogens with one attached hydrogen (secondary N) is 1. The average molecular weight is 459 g/mol. The third kappa shape index (κ3) is 4.79. The smallest absolute Gasteiger partial charge is 0.264 e. The fourth-order valence-electron chi connectivity index (χ4n) is 2.70. The Bertz CT molecular complexity index is 1070. The van der Waals surface area contributed by atoms with Gasteiger partial charge in [0.05, 0.1) is 10.6 Å². The summed E-state index contributed by atoms with van der Waals surface area (Å²) in [6.07, 6.45) is 0. The molecule has 0 spiro atoms. The predicted molar refractivity (Wildman–Crippen MR) is 115 cm³/mol. The molecule has 1 N–H and O–H groups in total. The number of nitrogens with zero attached hydrogens (tertiary/aromatic N) is 1. The molecule has 0 radical (unpaired) electrons. The Morgan fingerprint density at radius 3 is 2.29 bits per heavy atom. The topological polar surface area (TPSA) is 66.5 Å². The van der Waals surface area contributed by atoms with E-state index in [1.807, 2.05) is 25.1 Å². The molecule has 0 aliphatic carbocycles. The molecule has 0 aliphatic rings. The molecule has 3 aromatic carbocycles. The van der Waals surface area contributed by atoms with Crippen molar-refractivity contribution in [1.82, 2.24) is 0 Å². The molecule has 0 unspecified atom stereocenters. The van der Waals surface area contributed by atoms with Crippen LogP contribution in [0.4, 0.5) is 11.4 Å². The van der Waals surface area contributed by atoms with Crippen LogP contribution in [-0.4, -0.2) is 20.9 Å². The Morgan fingerprint density at radius 1 is 0.964 bits per heavy atom. The van der Waals surface area contributed by atoms with Gasteiger partial charge in [0.2, 0.25) is 5.91 Å². The summed E-state index contributed by atoms with van der Waals surface area (Å²) in [6.45, 7) is 1.58. The van der Waals surface area contributed by atoms with Crippen molar-refractivity contribution in [1.29, 1.82) is 0 Å². The van der Waals surface area contributed by atoms with E-state index in [4.69, 9.17) is 0 Å². The van der Waals surface area contributed by atoms with Crippen molar-refractivity contribution in [2.75, 3.05) is 16.2 Å². The van der Waals surface area contributed by atoms with E-state index in [0.717, 1.165) is 14.3 Å². The van der Waals surface area contributed by atoms with Crippen molar-refractivity contribution >= 4 is 43.2 Å². The number of hydrogen-bond donors (Lipinski definition) is 1. The van der Waals surface area contributed by atoms with Crippen LogP contribution >= 0.6 is 15.9 Å². The maximum Gasteiger partial charge on any atom is 0.264 e. The highest BCUT2D eigenvalue weighted by atomic mass is 79.9. The number of hydrogen-bond acceptors (Lipinski definition) is 3. The Kier molecular flexibility index (Phi) is 6.16. The molecule has 0 fully saturated rings. The van der Waals surface area contributed by atoms with Gasteiger partial charge in [-0.2, -0.15) is 0 Å². The molecule has 1 amide bonds. The van der Waals surface area contributed by atoms with Gasteiger partial charge >= 0.3 is 0 Å². The third-order valence-electron chi connectivity index (χ3n) is 4.03. The molecular weight excluding hydrogens is 440 g/mol. The zero-order chi connectivity index (χ0) is 20.1. The second-order valence-electron chi connectivity index (χ2n) is 6.22. The molecule has 5 nitrogen and oxygen atoms in total. The molecule has 0 saturated heterocycles. The van der Waals surface area contributed by atoms with E-state index in [1.54, 1.807) is 48.5 Å². The van der Waals surface area contributed by atoms with E-state index in [1.165, 1.54) is 12.1 Å². The summed E-state index contributed by atoms with van der Waals surface area (Å²) in [5.41, 5.74) is 2.03. The normalized spacial score (nSPS) is 11.1. The zero-order valence-electron chi connectivity index (χ0n) is 15.2. The summed E-state index contributed by atoms with van der Waals surface area (Å²) in [4.78, 5) is 12.8. The van der Waals surface area contributed by atoms with Crippen LogP contribution in [0.5, 0.6) is 0 Å². The van der Waals surface area contributed by atoms with Crippen LogP contribution in [-0.2, 0) is 14.8 Å². The number of aryl methyl sites for hydroxylation is 1. The number of sulfonamides is 1. The predicted octanol–water partition coefficient (Wildman–Crippen LogP) is 4.59. The zero-order valence-corrected chi connectivity index (χ0v) is 17.6. The van der Waals surface area contributed by atoms with Crippen molar-refractivity contribution in [2.45, 2.75) is 11.8 Å². The lowest BCUT2D eigenvalue weighted by Crippen LogP contribution is -2.38. The van der Waals surface area contributed by atoms with Crippen LogP contribution in [0.3, 0.4) is 0 Å². The first-order valence-electron chi connectivity index (χ1n) is 8.56. The van der Waals surface area contributed by atoms with Crippen LogP contribution < -0.4 is 9.62 Å². The number of rotatable bonds is 6. The minimum absolute atomic E-state index is 0.126. The second-order valence-corrected chi connectivity index (χ2v) is 9.00.